The van der Waals surface area contributed by atoms with Crippen molar-refractivity contribution >= 4 is 27.5 Å². The van der Waals surface area contributed by atoms with Crippen molar-refractivity contribution in [1.29, 1.82) is 0 Å². The Labute approximate surface area is 210 Å². The molecule has 0 aromatic heterocycles. The largest absolute Gasteiger partial charge is 0.354 e. The monoisotopic (exact) mass is 501 g/mol. The Kier molecular flexibility index (Phi) is 10.8. The molecule has 0 heterocycles. The van der Waals surface area contributed by atoms with Gasteiger partial charge in [0.1, 0.15) is 6.04 Å². The first-order valence-electron chi connectivity index (χ1n) is 12.2. The molecule has 2 aromatic rings. The molecule has 7 nitrogen and oxygen atoms in total. The van der Waals surface area contributed by atoms with Crippen LogP contribution in [0.5, 0.6) is 0 Å². The third-order valence-electron chi connectivity index (χ3n) is 6.14. The first-order chi connectivity index (χ1) is 16.6. The first kappa shape index (κ1) is 28.4. The maximum absolute atomic E-state index is 13.3. The number of rotatable bonds is 13. The van der Waals surface area contributed by atoms with Crippen LogP contribution < -0.4 is 9.62 Å². The zero-order valence-corrected chi connectivity index (χ0v) is 22.4. The van der Waals surface area contributed by atoms with E-state index < -0.39 is 16.1 Å². The van der Waals surface area contributed by atoms with E-state index in [-0.39, 0.29) is 24.8 Å². The molecule has 8 heteroatoms. The number of benzene rings is 2. The second-order valence-corrected chi connectivity index (χ2v) is 10.9. The minimum atomic E-state index is -3.51. The molecule has 0 bridgehead atoms. The van der Waals surface area contributed by atoms with Crippen LogP contribution in [0.15, 0.2) is 48.5 Å². The van der Waals surface area contributed by atoms with Crippen LogP contribution in [0.25, 0.3) is 0 Å². The number of unbranched alkanes of at least 4 members (excludes halogenated alkanes) is 1. The molecule has 1 atom stereocenters. The highest BCUT2D eigenvalue weighted by molar-refractivity contribution is 7.92. The lowest BCUT2D eigenvalue weighted by Gasteiger charge is -2.30. The Bertz CT molecular complexity index is 1100. The van der Waals surface area contributed by atoms with Gasteiger partial charge in [0.25, 0.3) is 0 Å². The number of anilines is 1. The van der Waals surface area contributed by atoms with Crippen LogP contribution in [0.4, 0.5) is 5.69 Å². The summed E-state index contributed by atoms with van der Waals surface area (Å²) in [4.78, 5) is 27.7. The van der Waals surface area contributed by atoms with E-state index in [2.05, 4.69) is 12.2 Å². The van der Waals surface area contributed by atoms with E-state index in [0.29, 0.717) is 25.2 Å². The van der Waals surface area contributed by atoms with Crippen molar-refractivity contribution in [2.75, 3.05) is 23.7 Å². The fourth-order valence-corrected chi connectivity index (χ4v) is 4.94. The first-order valence-corrected chi connectivity index (χ1v) is 14.1. The summed E-state index contributed by atoms with van der Waals surface area (Å²) in [5, 5.41) is 2.92. The third kappa shape index (κ3) is 8.38. The average Bonchev–Trinajstić information content (AvgIpc) is 2.80. The van der Waals surface area contributed by atoms with Gasteiger partial charge in [-0.05, 0) is 56.4 Å². The van der Waals surface area contributed by atoms with Gasteiger partial charge in [-0.3, -0.25) is 13.9 Å². The van der Waals surface area contributed by atoms with Crippen molar-refractivity contribution in [2.24, 2.45) is 0 Å². The van der Waals surface area contributed by atoms with Gasteiger partial charge < -0.3 is 10.2 Å². The molecular formula is C27H39N3O4S. The van der Waals surface area contributed by atoms with Crippen molar-refractivity contribution in [2.45, 2.75) is 66.0 Å². The smallest absolute Gasteiger partial charge is 0.242 e. The molecule has 2 aromatic carbocycles. The summed E-state index contributed by atoms with van der Waals surface area (Å²) in [5.41, 5.74) is 3.49. The minimum absolute atomic E-state index is 0.135. The van der Waals surface area contributed by atoms with Gasteiger partial charge in [0.15, 0.2) is 0 Å². The van der Waals surface area contributed by atoms with Gasteiger partial charge in [-0.25, -0.2) is 8.42 Å². The molecule has 2 amide bonds. The lowest BCUT2D eigenvalue weighted by molar-refractivity contribution is -0.140. The topological polar surface area (TPSA) is 86.8 Å². The van der Waals surface area contributed by atoms with E-state index in [1.54, 1.807) is 24.0 Å². The summed E-state index contributed by atoms with van der Waals surface area (Å²) >= 11 is 0. The Morgan fingerprint density at radius 2 is 1.60 bits per heavy atom. The number of amides is 2. The number of nitrogens with zero attached hydrogens (tertiary/aromatic N) is 2. The summed E-state index contributed by atoms with van der Waals surface area (Å²) < 4.78 is 26.3. The zero-order chi connectivity index (χ0) is 26.0. The van der Waals surface area contributed by atoms with Crippen molar-refractivity contribution in [1.82, 2.24) is 10.2 Å². The van der Waals surface area contributed by atoms with Crippen LogP contribution in [-0.2, 0) is 26.2 Å². The molecule has 0 saturated heterocycles. The number of sulfonamides is 1. The SMILES string of the molecule is CCCCNC(=O)[C@@H](C)N(Cc1ccccc1C)C(=O)CCCN(c1ccccc1C)S(C)(=O)=O. The van der Waals surface area contributed by atoms with Gasteiger partial charge in [-0.15, -0.1) is 0 Å². The lowest BCUT2D eigenvalue weighted by atomic mass is 10.1. The highest BCUT2D eigenvalue weighted by Gasteiger charge is 2.27. The maximum atomic E-state index is 13.3. The maximum Gasteiger partial charge on any atom is 0.242 e. The standard InChI is InChI=1S/C27H39N3O4S/c1-6-7-18-28-27(32)23(4)29(20-24-15-10-8-13-21(24)2)26(31)17-12-19-30(35(5,33)34)25-16-11-9-14-22(25)3/h8-11,13-16,23H,6-7,12,17-20H2,1-5H3,(H,28,32)/t23-/m1/s1. The number of aryl methyl sites for hydroxylation is 2. The average molecular weight is 502 g/mol. The molecule has 0 aliphatic rings. The van der Waals surface area contributed by atoms with E-state index in [0.717, 1.165) is 29.5 Å². The summed E-state index contributed by atoms with van der Waals surface area (Å²) in [6, 6.07) is 14.5. The highest BCUT2D eigenvalue weighted by Crippen LogP contribution is 2.23. The number of hydrogen-bond acceptors (Lipinski definition) is 4. The van der Waals surface area contributed by atoms with Gasteiger partial charge >= 0.3 is 0 Å². The predicted octanol–water partition coefficient (Wildman–Crippen LogP) is 4.18. The van der Waals surface area contributed by atoms with Gasteiger partial charge in [0.2, 0.25) is 21.8 Å². The van der Waals surface area contributed by atoms with E-state index >= 15 is 0 Å². The van der Waals surface area contributed by atoms with Crippen LogP contribution in [0.3, 0.4) is 0 Å². The van der Waals surface area contributed by atoms with E-state index in [9.17, 15) is 18.0 Å². The minimum Gasteiger partial charge on any atom is -0.354 e. The van der Waals surface area contributed by atoms with Gasteiger partial charge in [-0.1, -0.05) is 55.8 Å². The van der Waals surface area contributed by atoms with Crippen molar-refractivity contribution in [3.8, 4) is 0 Å². The number of hydrogen-bond donors (Lipinski definition) is 1. The summed E-state index contributed by atoms with van der Waals surface area (Å²) in [6.07, 6.45) is 3.50. The quantitative estimate of drug-likeness (QED) is 0.417. The number of carbonyl (C=O) groups is 2. The fourth-order valence-electron chi connectivity index (χ4n) is 3.92. The second-order valence-electron chi connectivity index (χ2n) is 8.99. The van der Waals surface area contributed by atoms with E-state index in [1.807, 2.05) is 50.2 Å². The molecule has 192 valence electrons. The number of carbonyl (C=O) groups excluding carboxylic acids is 2. The van der Waals surface area contributed by atoms with Gasteiger partial charge in [0, 0.05) is 26.1 Å². The van der Waals surface area contributed by atoms with Crippen LogP contribution in [0, 0.1) is 13.8 Å². The summed E-state index contributed by atoms with van der Waals surface area (Å²) in [6.45, 7) is 8.73. The van der Waals surface area contributed by atoms with Crippen LogP contribution in [0.1, 0.15) is 56.2 Å². The summed E-state index contributed by atoms with van der Waals surface area (Å²) in [5.74, 6) is -0.359. The van der Waals surface area contributed by atoms with Crippen LogP contribution in [0.2, 0.25) is 0 Å². The van der Waals surface area contributed by atoms with E-state index in [4.69, 9.17) is 0 Å². The van der Waals surface area contributed by atoms with Crippen LogP contribution >= 0.6 is 0 Å². The van der Waals surface area contributed by atoms with Gasteiger partial charge in [0.05, 0.1) is 11.9 Å². The normalized spacial score (nSPS) is 12.1. The molecule has 0 spiro atoms. The molecular weight excluding hydrogens is 462 g/mol. The molecule has 0 aliphatic heterocycles. The molecule has 2 rings (SSSR count). The molecule has 1 N–H and O–H groups in total. The zero-order valence-electron chi connectivity index (χ0n) is 21.6. The van der Waals surface area contributed by atoms with Crippen LogP contribution in [-0.4, -0.2) is 50.5 Å². The summed E-state index contributed by atoms with van der Waals surface area (Å²) in [7, 11) is -3.51. The number of nitrogens with one attached hydrogen (secondary N) is 1. The highest BCUT2D eigenvalue weighted by atomic mass is 32.2. The second kappa shape index (κ2) is 13.3. The molecule has 35 heavy (non-hydrogen) atoms. The van der Waals surface area contributed by atoms with Gasteiger partial charge in [-0.2, -0.15) is 0 Å². The van der Waals surface area contributed by atoms with Crippen molar-refractivity contribution in [3.05, 3.63) is 65.2 Å². The lowest BCUT2D eigenvalue weighted by Crippen LogP contribution is -2.48. The molecule has 0 radical (unpaired) electrons. The molecule has 0 aliphatic carbocycles. The fraction of sp³-hybridized carbons (Fsp3) is 0.481. The van der Waals surface area contributed by atoms with E-state index in [1.165, 1.54) is 10.6 Å². The Balaban J connectivity index is 2.16. The Morgan fingerprint density at radius 1 is 0.971 bits per heavy atom. The Hall–Kier alpha value is -2.87. The third-order valence-corrected chi connectivity index (χ3v) is 7.32. The number of para-hydroxylation sites is 1. The molecule has 0 saturated carbocycles. The predicted molar refractivity (Wildman–Crippen MR) is 142 cm³/mol. The molecule has 0 fully saturated rings. The van der Waals surface area contributed by atoms with Crippen molar-refractivity contribution < 1.29 is 18.0 Å². The Morgan fingerprint density at radius 3 is 2.20 bits per heavy atom. The van der Waals surface area contributed by atoms with Crippen molar-refractivity contribution in [3.63, 3.8) is 0 Å². The molecule has 0 unspecified atom stereocenters.